The van der Waals surface area contributed by atoms with Crippen molar-refractivity contribution in [3.63, 3.8) is 0 Å². The first-order chi connectivity index (χ1) is 16.5. The maximum Gasteiger partial charge on any atom is 0.253 e. The van der Waals surface area contributed by atoms with Gasteiger partial charge < -0.3 is 20.3 Å². The zero-order valence-corrected chi connectivity index (χ0v) is 20.9. The third kappa shape index (κ3) is 7.74. The van der Waals surface area contributed by atoms with Crippen molar-refractivity contribution >= 4 is 34.8 Å². The van der Waals surface area contributed by atoms with E-state index in [1.165, 1.54) is 5.56 Å². The van der Waals surface area contributed by atoms with Crippen LogP contribution in [0.3, 0.4) is 0 Å². The minimum atomic E-state index is -0.654. The summed E-state index contributed by atoms with van der Waals surface area (Å²) in [5.74, 6) is 0.199. The summed E-state index contributed by atoms with van der Waals surface area (Å²) in [6, 6.07) is 16.1. The van der Waals surface area contributed by atoms with Crippen molar-refractivity contribution in [2.75, 3.05) is 43.1 Å². The van der Waals surface area contributed by atoms with E-state index in [1.807, 2.05) is 19.1 Å². The van der Waals surface area contributed by atoms with Gasteiger partial charge in [-0.15, -0.1) is 11.6 Å². The Kier molecular flexibility index (Phi) is 10.2. The smallest absolute Gasteiger partial charge is 0.253 e. The fourth-order valence-corrected chi connectivity index (χ4v) is 4.31. The molecular weight excluding hydrogens is 450 g/mol. The van der Waals surface area contributed by atoms with Gasteiger partial charge in [0.1, 0.15) is 5.38 Å². The van der Waals surface area contributed by atoms with Gasteiger partial charge >= 0.3 is 0 Å². The van der Waals surface area contributed by atoms with Crippen LogP contribution in [0.2, 0.25) is 0 Å². The zero-order valence-electron chi connectivity index (χ0n) is 20.2. The molecule has 1 aliphatic heterocycles. The first-order valence-electron chi connectivity index (χ1n) is 12.2. The summed E-state index contributed by atoms with van der Waals surface area (Å²) >= 11 is 5.90. The molecular formula is C27H36ClN3O3. The quantitative estimate of drug-likeness (QED) is 0.352. The number of benzene rings is 2. The molecule has 1 aliphatic rings. The first-order valence-corrected chi connectivity index (χ1v) is 12.7. The molecule has 0 spiro atoms. The summed E-state index contributed by atoms with van der Waals surface area (Å²) in [5, 5.41) is 5.14. The largest absolute Gasteiger partial charge is 0.382 e. The van der Waals surface area contributed by atoms with E-state index < -0.39 is 5.38 Å². The van der Waals surface area contributed by atoms with Crippen molar-refractivity contribution in [3.05, 3.63) is 59.7 Å². The van der Waals surface area contributed by atoms with Gasteiger partial charge in [-0.3, -0.25) is 9.59 Å². The number of hydrogen-bond donors (Lipinski definition) is 2. The van der Waals surface area contributed by atoms with Crippen LogP contribution < -0.4 is 15.5 Å². The van der Waals surface area contributed by atoms with Gasteiger partial charge in [0, 0.05) is 44.2 Å². The zero-order chi connectivity index (χ0) is 24.3. The Labute approximate surface area is 208 Å². The number of carbonyl (C=O) groups excluding carboxylic acids is 2. The van der Waals surface area contributed by atoms with Gasteiger partial charge in [-0.25, -0.2) is 0 Å². The second kappa shape index (κ2) is 13.4. The number of piperidine rings is 1. The molecule has 0 aliphatic carbocycles. The minimum Gasteiger partial charge on any atom is -0.382 e. The van der Waals surface area contributed by atoms with E-state index in [4.69, 9.17) is 16.3 Å². The van der Waals surface area contributed by atoms with Gasteiger partial charge in [-0.05, 0) is 69.2 Å². The molecule has 3 rings (SSSR count). The fourth-order valence-electron chi connectivity index (χ4n) is 4.25. The SMILES string of the molecule is CCOCCCNC(=O)c1cc(NC(=O)C(C)Cl)ccc1N1CCC(Cc2ccccc2)CC1. The van der Waals surface area contributed by atoms with E-state index in [0.717, 1.165) is 44.5 Å². The Bertz CT molecular complexity index is 928. The third-order valence-corrected chi connectivity index (χ3v) is 6.35. The van der Waals surface area contributed by atoms with Crippen LogP contribution in [0, 0.1) is 5.92 Å². The molecule has 1 saturated heterocycles. The number of alkyl halides is 1. The van der Waals surface area contributed by atoms with Gasteiger partial charge in [0.05, 0.1) is 5.56 Å². The van der Waals surface area contributed by atoms with Crippen LogP contribution >= 0.6 is 11.6 Å². The number of halogens is 1. The number of anilines is 2. The van der Waals surface area contributed by atoms with Gasteiger partial charge in [-0.2, -0.15) is 0 Å². The van der Waals surface area contributed by atoms with Crippen molar-refractivity contribution < 1.29 is 14.3 Å². The van der Waals surface area contributed by atoms with Crippen LogP contribution in [0.25, 0.3) is 0 Å². The second-order valence-corrected chi connectivity index (χ2v) is 9.42. The molecule has 1 unspecified atom stereocenters. The maximum absolute atomic E-state index is 13.1. The van der Waals surface area contributed by atoms with Crippen molar-refractivity contribution in [2.45, 2.75) is 44.9 Å². The lowest BCUT2D eigenvalue weighted by molar-refractivity contribution is -0.115. The molecule has 2 amide bonds. The monoisotopic (exact) mass is 485 g/mol. The molecule has 7 heteroatoms. The van der Waals surface area contributed by atoms with Crippen LogP contribution in [0.15, 0.2) is 48.5 Å². The van der Waals surface area contributed by atoms with E-state index in [0.29, 0.717) is 36.9 Å². The second-order valence-electron chi connectivity index (χ2n) is 8.76. The minimum absolute atomic E-state index is 0.145. The topological polar surface area (TPSA) is 70.7 Å². The van der Waals surface area contributed by atoms with Crippen molar-refractivity contribution in [1.29, 1.82) is 0 Å². The number of rotatable bonds is 11. The summed E-state index contributed by atoms with van der Waals surface area (Å²) < 4.78 is 5.36. The Morgan fingerprint density at radius 2 is 1.88 bits per heavy atom. The molecule has 0 aromatic heterocycles. The number of carbonyl (C=O) groups is 2. The average Bonchev–Trinajstić information content (AvgIpc) is 2.85. The molecule has 0 bridgehead atoms. The average molecular weight is 486 g/mol. The van der Waals surface area contributed by atoms with Crippen LogP contribution in [-0.2, 0) is 16.0 Å². The molecule has 2 aromatic carbocycles. The Hall–Kier alpha value is -2.57. The van der Waals surface area contributed by atoms with Gasteiger partial charge in [0.15, 0.2) is 0 Å². The Balaban J connectivity index is 1.69. The molecule has 1 fully saturated rings. The van der Waals surface area contributed by atoms with Gasteiger partial charge in [0.25, 0.3) is 5.91 Å². The Morgan fingerprint density at radius 1 is 1.15 bits per heavy atom. The predicted octanol–water partition coefficient (Wildman–Crippen LogP) is 4.87. The van der Waals surface area contributed by atoms with Crippen molar-refractivity contribution in [2.24, 2.45) is 5.92 Å². The molecule has 2 N–H and O–H groups in total. The van der Waals surface area contributed by atoms with E-state index in [-0.39, 0.29) is 11.8 Å². The molecule has 0 radical (unpaired) electrons. The van der Waals surface area contributed by atoms with Crippen LogP contribution in [0.5, 0.6) is 0 Å². The lowest BCUT2D eigenvalue weighted by Crippen LogP contribution is -2.36. The summed E-state index contributed by atoms with van der Waals surface area (Å²) in [5.41, 5.74) is 3.41. The lowest BCUT2D eigenvalue weighted by Gasteiger charge is -2.35. The Morgan fingerprint density at radius 3 is 2.56 bits per heavy atom. The van der Waals surface area contributed by atoms with Crippen LogP contribution in [0.4, 0.5) is 11.4 Å². The van der Waals surface area contributed by atoms with Gasteiger partial charge in [0.2, 0.25) is 5.91 Å². The number of nitrogens with one attached hydrogen (secondary N) is 2. The molecule has 1 heterocycles. The van der Waals surface area contributed by atoms with E-state index in [2.05, 4.69) is 45.9 Å². The van der Waals surface area contributed by atoms with E-state index in [9.17, 15) is 9.59 Å². The standard InChI is InChI=1S/C27H36ClN3O3/c1-3-34-17-7-14-29-27(33)24-19-23(30-26(32)20(2)28)10-11-25(24)31-15-12-22(13-16-31)18-21-8-5-4-6-9-21/h4-6,8-11,19-20,22H,3,7,12-18H2,1-2H3,(H,29,33)(H,30,32). The maximum atomic E-state index is 13.1. The highest BCUT2D eigenvalue weighted by molar-refractivity contribution is 6.32. The summed E-state index contributed by atoms with van der Waals surface area (Å²) in [7, 11) is 0. The van der Waals surface area contributed by atoms with E-state index >= 15 is 0 Å². The lowest BCUT2D eigenvalue weighted by atomic mass is 9.89. The summed E-state index contributed by atoms with van der Waals surface area (Å²) in [4.78, 5) is 27.5. The molecule has 0 saturated carbocycles. The van der Waals surface area contributed by atoms with Crippen molar-refractivity contribution in [1.82, 2.24) is 5.32 Å². The van der Waals surface area contributed by atoms with E-state index in [1.54, 1.807) is 13.0 Å². The molecule has 34 heavy (non-hydrogen) atoms. The highest BCUT2D eigenvalue weighted by atomic mass is 35.5. The van der Waals surface area contributed by atoms with Crippen LogP contribution in [0.1, 0.15) is 49.0 Å². The van der Waals surface area contributed by atoms with Gasteiger partial charge in [-0.1, -0.05) is 30.3 Å². The summed E-state index contributed by atoms with van der Waals surface area (Å²) in [6.45, 7) is 7.18. The first kappa shape index (κ1) is 26.0. The predicted molar refractivity (Wildman–Crippen MR) is 139 cm³/mol. The highest BCUT2D eigenvalue weighted by Crippen LogP contribution is 2.30. The third-order valence-electron chi connectivity index (χ3n) is 6.15. The normalized spacial score (nSPS) is 15.1. The number of amides is 2. The number of ether oxygens (including phenoxy) is 1. The highest BCUT2D eigenvalue weighted by Gasteiger charge is 2.24. The molecule has 6 nitrogen and oxygen atoms in total. The van der Waals surface area contributed by atoms with Crippen molar-refractivity contribution in [3.8, 4) is 0 Å². The molecule has 2 aromatic rings. The number of hydrogen-bond acceptors (Lipinski definition) is 4. The number of nitrogens with zero attached hydrogens (tertiary/aromatic N) is 1. The molecule has 184 valence electrons. The summed E-state index contributed by atoms with van der Waals surface area (Å²) in [6.07, 6.45) is 3.99. The van der Waals surface area contributed by atoms with Crippen LogP contribution in [-0.4, -0.2) is 50.0 Å². The fraction of sp³-hybridized carbons (Fsp3) is 0.481. The molecule has 1 atom stereocenters.